The minimum Gasteiger partial charge on any atom is -0.255 e. The quantitative estimate of drug-likeness (QED) is 0.731. The van der Waals surface area contributed by atoms with Crippen LogP contribution in [0.1, 0.15) is 25.8 Å². The number of thioether (sulfide) groups is 1. The molecule has 0 aromatic heterocycles. The molecule has 0 radical (unpaired) electrons. The second-order valence-corrected chi connectivity index (χ2v) is 3.97. The van der Waals surface area contributed by atoms with E-state index in [9.17, 15) is 4.39 Å². The topological polar surface area (TPSA) is 0 Å². The Morgan fingerprint density at radius 3 is 1.87 bits per heavy atom. The van der Waals surface area contributed by atoms with Crippen LogP contribution in [0.25, 0.3) is 0 Å². The molecule has 1 rings (SSSR count). The molecule has 0 atom stereocenters. The van der Waals surface area contributed by atoms with Crippen LogP contribution >= 0.6 is 11.8 Å². The third-order valence-electron chi connectivity index (χ3n) is 1.67. The lowest BCUT2D eigenvalue weighted by molar-refractivity contribution is 0.636. The van der Waals surface area contributed by atoms with Crippen LogP contribution in [0.3, 0.4) is 0 Å². The molecule has 0 spiro atoms. The van der Waals surface area contributed by atoms with Crippen molar-refractivity contribution in [3.05, 3.63) is 35.9 Å². The van der Waals surface area contributed by atoms with E-state index in [1.807, 2.05) is 11.8 Å². The van der Waals surface area contributed by atoms with E-state index < -0.39 is 0 Å². The average molecular weight is 230 g/mol. The second-order valence-electron chi connectivity index (χ2n) is 2.81. The molecule has 0 fully saturated rings. The number of benzene rings is 1. The van der Waals surface area contributed by atoms with Crippen LogP contribution in [0.15, 0.2) is 30.3 Å². The van der Waals surface area contributed by atoms with Crippen LogP contribution in [0.2, 0.25) is 0 Å². The first-order valence-corrected chi connectivity index (χ1v) is 6.65. The predicted octanol–water partition coefficient (Wildman–Crippen LogP) is 4.59. The summed E-state index contributed by atoms with van der Waals surface area (Å²) in [5.41, 5.74) is 1.44. The molecule has 0 N–H and O–H groups in total. The third-order valence-corrected chi connectivity index (χ3v) is 2.25. The van der Waals surface area contributed by atoms with Gasteiger partial charge >= 0.3 is 0 Å². The molecular formula is C13H23FS. The number of halogens is 1. The molecule has 1 aromatic carbocycles. The lowest BCUT2D eigenvalue weighted by Crippen LogP contribution is -1.78. The zero-order valence-electron chi connectivity index (χ0n) is 10.3. The first kappa shape index (κ1) is 16.9. The largest absolute Gasteiger partial charge is 0.255 e. The van der Waals surface area contributed by atoms with Gasteiger partial charge in [-0.1, -0.05) is 50.6 Å². The van der Waals surface area contributed by atoms with Crippen molar-refractivity contribution in [3.63, 3.8) is 0 Å². The van der Waals surface area contributed by atoms with E-state index in [4.69, 9.17) is 0 Å². The van der Waals surface area contributed by atoms with Gasteiger partial charge in [-0.2, -0.15) is 11.8 Å². The van der Waals surface area contributed by atoms with Crippen LogP contribution in [0.5, 0.6) is 0 Å². The monoisotopic (exact) mass is 230 g/mol. The normalized spacial score (nSPS) is 8.07. The molecule has 0 aliphatic rings. The summed E-state index contributed by atoms with van der Waals surface area (Å²) in [6.07, 6.45) is 4.55. The zero-order chi connectivity index (χ0) is 11.9. The molecule has 0 aliphatic carbocycles. The number of rotatable bonds is 3. The summed E-state index contributed by atoms with van der Waals surface area (Å²) >= 11 is 1.86. The highest BCUT2D eigenvalue weighted by Crippen LogP contribution is 2.00. The average Bonchev–Trinajstić information content (AvgIpc) is 2.34. The summed E-state index contributed by atoms with van der Waals surface area (Å²) in [6, 6.07) is 10.6. The number of aryl methyl sites for hydroxylation is 1. The maximum absolute atomic E-state index is 9.50. The van der Waals surface area contributed by atoms with E-state index in [0.717, 1.165) is 0 Å². The molecule has 0 unspecified atom stereocenters. The van der Waals surface area contributed by atoms with Gasteiger partial charge in [0.1, 0.15) is 0 Å². The van der Waals surface area contributed by atoms with Crippen molar-refractivity contribution in [2.45, 2.75) is 26.7 Å². The molecule has 0 aliphatic heterocycles. The molecule has 1 aromatic rings. The lowest BCUT2D eigenvalue weighted by Gasteiger charge is -1.93. The van der Waals surface area contributed by atoms with Gasteiger partial charge in [0.2, 0.25) is 0 Å². The van der Waals surface area contributed by atoms with Gasteiger partial charge in [-0.3, -0.25) is 4.39 Å². The van der Waals surface area contributed by atoms with Gasteiger partial charge in [0.15, 0.2) is 0 Å². The van der Waals surface area contributed by atoms with Crippen LogP contribution in [0.4, 0.5) is 4.39 Å². The lowest BCUT2D eigenvalue weighted by atomic mass is 10.1. The van der Waals surface area contributed by atoms with Crippen LogP contribution in [-0.4, -0.2) is 19.2 Å². The minimum absolute atomic E-state index is 0.500. The van der Waals surface area contributed by atoms with Crippen molar-refractivity contribution in [3.8, 4) is 0 Å². The highest BCUT2D eigenvalue weighted by Gasteiger charge is 1.84. The molecule has 0 saturated heterocycles. The number of hydrogen-bond acceptors (Lipinski definition) is 1. The maximum atomic E-state index is 9.50. The third kappa shape index (κ3) is 13.5. The fourth-order valence-electron chi connectivity index (χ4n) is 0.933. The van der Waals surface area contributed by atoms with Gasteiger partial charge in [-0.25, -0.2) is 0 Å². The van der Waals surface area contributed by atoms with E-state index in [1.165, 1.54) is 24.2 Å². The van der Waals surface area contributed by atoms with E-state index in [2.05, 4.69) is 50.4 Å². The van der Waals surface area contributed by atoms with Crippen LogP contribution in [-0.2, 0) is 6.42 Å². The van der Waals surface area contributed by atoms with E-state index >= 15 is 0 Å². The molecule has 88 valence electrons. The van der Waals surface area contributed by atoms with E-state index in [0.29, 0.717) is 7.18 Å². The SMILES string of the molecule is CCCc1ccccc1.CCSC.CF. The fraction of sp³-hybridized carbons (Fsp3) is 0.538. The first-order chi connectivity index (χ1) is 7.35. The summed E-state index contributed by atoms with van der Waals surface area (Å²) in [7, 11) is 0.500. The molecule has 2 heteroatoms. The molecule has 0 nitrogen and oxygen atoms in total. The molecular weight excluding hydrogens is 207 g/mol. The summed E-state index contributed by atoms with van der Waals surface area (Å²) in [6.45, 7) is 4.34. The number of alkyl halides is 1. The smallest absolute Gasteiger partial charge is 0.0785 e. The van der Waals surface area contributed by atoms with Gasteiger partial charge in [-0.15, -0.1) is 0 Å². The van der Waals surface area contributed by atoms with E-state index in [1.54, 1.807) is 0 Å². The van der Waals surface area contributed by atoms with Gasteiger partial charge in [0.25, 0.3) is 0 Å². The van der Waals surface area contributed by atoms with Crippen molar-refractivity contribution >= 4 is 11.8 Å². The van der Waals surface area contributed by atoms with Gasteiger partial charge < -0.3 is 0 Å². The van der Waals surface area contributed by atoms with E-state index in [-0.39, 0.29) is 0 Å². The standard InChI is InChI=1S/C9H12.C3H8S.CH3F/c1-2-6-9-7-4-3-5-8-9;1-3-4-2;1-2/h3-5,7-8H,2,6H2,1H3;3H2,1-2H3;1H3. The van der Waals surface area contributed by atoms with Crippen molar-refractivity contribution in [2.24, 2.45) is 0 Å². The molecule has 0 bridgehead atoms. The van der Waals surface area contributed by atoms with Crippen molar-refractivity contribution < 1.29 is 4.39 Å². The zero-order valence-corrected chi connectivity index (χ0v) is 11.1. The van der Waals surface area contributed by atoms with Gasteiger partial charge in [0, 0.05) is 0 Å². The summed E-state index contributed by atoms with van der Waals surface area (Å²) in [5, 5.41) is 0. The Labute approximate surface area is 98.3 Å². The number of hydrogen-bond donors (Lipinski definition) is 0. The van der Waals surface area contributed by atoms with Crippen molar-refractivity contribution in [1.82, 2.24) is 0 Å². The Kier molecular flexibility index (Phi) is 18.0. The van der Waals surface area contributed by atoms with Gasteiger partial charge in [0.05, 0.1) is 7.18 Å². The minimum atomic E-state index is 0.500. The fourth-order valence-corrected chi connectivity index (χ4v) is 0.933. The first-order valence-electron chi connectivity index (χ1n) is 5.25. The Hall–Kier alpha value is -0.500. The summed E-state index contributed by atoms with van der Waals surface area (Å²) < 4.78 is 9.50. The summed E-state index contributed by atoms with van der Waals surface area (Å²) in [4.78, 5) is 0. The van der Waals surface area contributed by atoms with Crippen LogP contribution in [0, 0.1) is 0 Å². The van der Waals surface area contributed by atoms with Crippen LogP contribution < -0.4 is 0 Å². The van der Waals surface area contributed by atoms with Crippen molar-refractivity contribution in [2.75, 3.05) is 19.2 Å². The highest BCUT2D eigenvalue weighted by atomic mass is 32.2. The van der Waals surface area contributed by atoms with Crippen molar-refractivity contribution in [1.29, 1.82) is 0 Å². The van der Waals surface area contributed by atoms with Gasteiger partial charge in [-0.05, 0) is 24.0 Å². The Morgan fingerprint density at radius 1 is 1.07 bits per heavy atom. The Bertz CT molecular complexity index is 185. The second kappa shape index (κ2) is 15.9. The summed E-state index contributed by atoms with van der Waals surface area (Å²) in [5.74, 6) is 1.24. The molecule has 0 heterocycles. The highest BCUT2D eigenvalue weighted by molar-refractivity contribution is 7.98. The predicted molar refractivity (Wildman–Crippen MR) is 71.5 cm³/mol. The molecule has 0 saturated carbocycles. The Balaban J connectivity index is 0. The maximum Gasteiger partial charge on any atom is 0.0785 e. The molecule has 15 heavy (non-hydrogen) atoms. The molecule has 0 amide bonds. The Morgan fingerprint density at radius 2 is 1.53 bits per heavy atom.